The summed E-state index contributed by atoms with van der Waals surface area (Å²) in [5, 5.41) is 3.94. The molecule has 1 aliphatic rings. The van der Waals surface area contributed by atoms with E-state index >= 15 is 0 Å². The molecule has 2 rings (SSSR count). The summed E-state index contributed by atoms with van der Waals surface area (Å²) in [5.41, 5.74) is 1.53. The molecule has 0 spiro atoms. The van der Waals surface area contributed by atoms with Gasteiger partial charge in [-0.2, -0.15) is 0 Å². The first-order chi connectivity index (χ1) is 10.1. The molecule has 0 saturated carbocycles. The minimum absolute atomic E-state index is 0.0780. The number of halogens is 1. The van der Waals surface area contributed by atoms with Gasteiger partial charge in [0.1, 0.15) is 6.61 Å². The Balaban J connectivity index is 2.41. The highest BCUT2D eigenvalue weighted by molar-refractivity contribution is 6.32. The molecule has 0 saturated heterocycles. The normalized spacial score (nSPS) is 15.4. The number of hydrogen-bond acceptors (Lipinski definition) is 5. The molecule has 108 valence electrons. The topological polar surface area (TPSA) is 57.1 Å². The van der Waals surface area contributed by atoms with Crippen molar-refractivity contribution in [3.05, 3.63) is 28.3 Å². The second kappa shape index (κ2) is 6.33. The molecule has 1 aliphatic heterocycles. The maximum absolute atomic E-state index is 11.5. The smallest absolute Gasteiger partial charge is 0.367 e. The van der Waals surface area contributed by atoms with Gasteiger partial charge < -0.3 is 14.3 Å². The number of nitrogens with zero attached hydrogens (tertiary/aromatic N) is 1. The molecule has 0 atom stereocenters. The number of ether oxygens (including phenoxy) is 2. The van der Waals surface area contributed by atoms with Gasteiger partial charge in [-0.25, -0.2) is 4.79 Å². The molecule has 0 fully saturated rings. The Morgan fingerprint density at radius 1 is 1.52 bits per heavy atom. The average molecular weight is 306 g/mol. The van der Waals surface area contributed by atoms with Crippen LogP contribution in [0, 0.1) is 12.3 Å². The third-order valence-electron chi connectivity index (χ3n) is 2.74. The zero-order chi connectivity index (χ0) is 15.4. The van der Waals surface area contributed by atoms with Crippen molar-refractivity contribution in [2.24, 2.45) is 5.16 Å². The first-order valence-electron chi connectivity index (χ1n) is 5.98. The molecule has 1 heterocycles. The lowest BCUT2D eigenvalue weighted by Gasteiger charge is -2.11. The number of carbonyl (C=O) groups is 1. The Morgan fingerprint density at radius 3 is 2.86 bits per heavy atom. The van der Waals surface area contributed by atoms with E-state index in [2.05, 4.69) is 15.9 Å². The Kier molecular flexibility index (Phi) is 4.51. The summed E-state index contributed by atoms with van der Waals surface area (Å²) in [6, 6.07) is 3.32. The standard InChI is InChI=1S/C15H12ClNO4/c1-4-5-20-14-12(16)7-10(8-13(14)19-3)6-11-9(2)17-21-15(11)18/h1,6-8H,5H2,2-3H3/b11-6-. The molecule has 5 nitrogen and oxygen atoms in total. The molecule has 6 heteroatoms. The zero-order valence-electron chi connectivity index (χ0n) is 11.5. The number of methoxy groups -OCH3 is 1. The van der Waals surface area contributed by atoms with Crippen LogP contribution in [0.1, 0.15) is 12.5 Å². The van der Waals surface area contributed by atoms with Crippen LogP contribution in [0.4, 0.5) is 0 Å². The Bertz CT molecular complexity index is 686. The van der Waals surface area contributed by atoms with Crippen LogP contribution in [0.25, 0.3) is 6.08 Å². The molecule has 0 bridgehead atoms. The lowest BCUT2D eigenvalue weighted by Crippen LogP contribution is -2.02. The fraction of sp³-hybridized carbons (Fsp3) is 0.200. The van der Waals surface area contributed by atoms with Gasteiger partial charge in [-0.3, -0.25) is 0 Å². The van der Waals surface area contributed by atoms with E-state index in [1.165, 1.54) is 7.11 Å². The van der Waals surface area contributed by atoms with Crippen molar-refractivity contribution < 1.29 is 19.1 Å². The van der Waals surface area contributed by atoms with E-state index in [0.29, 0.717) is 33.4 Å². The predicted molar refractivity (Wildman–Crippen MR) is 79.5 cm³/mol. The molecule has 1 aromatic rings. The van der Waals surface area contributed by atoms with Crippen LogP contribution >= 0.6 is 11.6 Å². The molecule has 0 radical (unpaired) electrons. The fourth-order valence-corrected chi connectivity index (χ4v) is 2.04. The average Bonchev–Trinajstić information content (AvgIpc) is 2.77. The molecule has 0 N–H and O–H groups in total. The molecule has 0 aliphatic carbocycles. The van der Waals surface area contributed by atoms with Crippen LogP contribution in [0.15, 0.2) is 22.9 Å². The minimum Gasteiger partial charge on any atom is -0.493 e. The van der Waals surface area contributed by atoms with Crippen LogP contribution in [-0.2, 0) is 9.63 Å². The molecule has 0 amide bonds. The van der Waals surface area contributed by atoms with Gasteiger partial charge in [0.05, 0.1) is 23.4 Å². The summed E-state index contributed by atoms with van der Waals surface area (Å²) >= 11 is 6.16. The van der Waals surface area contributed by atoms with Gasteiger partial charge in [0, 0.05) is 0 Å². The summed E-state index contributed by atoms with van der Waals surface area (Å²) in [6.07, 6.45) is 6.77. The van der Waals surface area contributed by atoms with E-state index in [-0.39, 0.29) is 6.61 Å². The van der Waals surface area contributed by atoms with Crippen molar-refractivity contribution in [2.45, 2.75) is 6.92 Å². The maximum atomic E-state index is 11.5. The molecule has 0 unspecified atom stereocenters. The third-order valence-corrected chi connectivity index (χ3v) is 3.02. The summed E-state index contributed by atoms with van der Waals surface area (Å²) in [4.78, 5) is 16.1. The van der Waals surface area contributed by atoms with Gasteiger partial charge in [-0.1, -0.05) is 22.7 Å². The summed E-state index contributed by atoms with van der Waals surface area (Å²) in [6.45, 7) is 1.76. The van der Waals surface area contributed by atoms with Gasteiger partial charge >= 0.3 is 5.97 Å². The molecule has 21 heavy (non-hydrogen) atoms. The second-order valence-electron chi connectivity index (χ2n) is 4.14. The minimum atomic E-state index is -0.504. The number of hydrogen-bond donors (Lipinski definition) is 0. The van der Waals surface area contributed by atoms with Crippen molar-refractivity contribution in [1.82, 2.24) is 0 Å². The third kappa shape index (κ3) is 3.18. The van der Waals surface area contributed by atoms with Gasteiger partial charge in [0.25, 0.3) is 0 Å². The number of oxime groups is 1. The van der Waals surface area contributed by atoms with Crippen molar-refractivity contribution >= 4 is 29.4 Å². The summed E-state index contributed by atoms with van der Waals surface area (Å²) in [7, 11) is 1.49. The van der Waals surface area contributed by atoms with Crippen LogP contribution < -0.4 is 9.47 Å². The molecule has 0 aromatic heterocycles. The van der Waals surface area contributed by atoms with Gasteiger partial charge in [0.15, 0.2) is 11.5 Å². The lowest BCUT2D eigenvalue weighted by atomic mass is 10.1. The van der Waals surface area contributed by atoms with E-state index in [9.17, 15) is 4.79 Å². The maximum Gasteiger partial charge on any atom is 0.367 e. The first-order valence-corrected chi connectivity index (χ1v) is 6.36. The zero-order valence-corrected chi connectivity index (χ0v) is 12.2. The van der Waals surface area contributed by atoms with Crippen molar-refractivity contribution in [3.8, 4) is 23.8 Å². The first kappa shape index (κ1) is 14.9. The molecular formula is C15H12ClNO4. The fourth-order valence-electron chi connectivity index (χ4n) is 1.76. The number of benzene rings is 1. The monoisotopic (exact) mass is 305 g/mol. The number of rotatable bonds is 4. The number of terminal acetylenes is 1. The van der Waals surface area contributed by atoms with E-state index in [4.69, 9.17) is 27.5 Å². The van der Waals surface area contributed by atoms with Gasteiger partial charge in [-0.15, -0.1) is 6.42 Å². The van der Waals surface area contributed by atoms with Crippen LogP contribution in [0.3, 0.4) is 0 Å². The Morgan fingerprint density at radius 2 is 2.29 bits per heavy atom. The van der Waals surface area contributed by atoms with Gasteiger partial charge in [0.2, 0.25) is 0 Å². The summed E-state index contributed by atoms with van der Waals surface area (Å²) in [5.74, 6) is 2.63. The van der Waals surface area contributed by atoms with Crippen molar-refractivity contribution in [1.29, 1.82) is 0 Å². The largest absolute Gasteiger partial charge is 0.493 e. The van der Waals surface area contributed by atoms with Gasteiger partial charge in [-0.05, 0) is 30.7 Å². The highest BCUT2D eigenvalue weighted by Gasteiger charge is 2.22. The van der Waals surface area contributed by atoms with E-state index < -0.39 is 5.97 Å². The van der Waals surface area contributed by atoms with E-state index in [1.54, 1.807) is 25.1 Å². The second-order valence-corrected chi connectivity index (χ2v) is 4.55. The van der Waals surface area contributed by atoms with Crippen LogP contribution in [0.2, 0.25) is 5.02 Å². The Hall–Kier alpha value is -2.45. The van der Waals surface area contributed by atoms with Crippen LogP contribution in [-0.4, -0.2) is 25.4 Å². The molecule has 1 aromatic carbocycles. The summed E-state index contributed by atoms with van der Waals surface area (Å²) < 4.78 is 10.6. The highest BCUT2D eigenvalue weighted by atomic mass is 35.5. The molecular weight excluding hydrogens is 294 g/mol. The SMILES string of the molecule is C#CCOc1c(Cl)cc(/C=C2\C(=O)ON=C2C)cc1OC. The van der Waals surface area contributed by atoms with E-state index in [0.717, 1.165) is 0 Å². The van der Waals surface area contributed by atoms with Crippen LogP contribution in [0.5, 0.6) is 11.5 Å². The predicted octanol–water partition coefficient (Wildman–Crippen LogP) is 2.68. The quantitative estimate of drug-likeness (QED) is 0.487. The van der Waals surface area contributed by atoms with Crippen molar-refractivity contribution in [3.63, 3.8) is 0 Å². The lowest BCUT2D eigenvalue weighted by molar-refractivity contribution is -0.136. The Labute approximate surface area is 127 Å². The van der Waals surface area contributed by atoms with Crippen molar-refractivity contribution in [2.75, 3.05) is 13.7 Å². The van der Waals surface area contributed by atoms with E-state index in [1.807, 2.05) is 0 Å². The highest BCUT2D eigenvalue weighted by Crippen LogP contribution is 2.37. The number of carbonyl (C=O) groups excluding carboxylic acids is 1.